The van der Waals surface area contributed by atoms with Crippen LogP contribution in [0.25, 0.3) is 10.9 Å². The Balaban J connectivity index is 0.000000421. The number of aromatic amines is 1. The number of rotatable bonds is 1. The summed E-state index contributed by atoms with van der Waals surface area (Å²) in [6, 6.07) is 9.41. The van der Waals surface area contributed by atoms with Crippen molar-refractivity contribution in [3.63, 3.8) is 0 Å². The lowest BCUT2D eigenvalue weighted by molar-refractivity contribution is 0.0996. The molecule has 1 heterocycles. The molecule has 0 spiro atoms. The van der Waals surface area contributed by atoms with Crippen LogP contribution in [0.4, 0.5) is 0 Å². The maximum Gasteiger partial charge on any atom is 0.265 e. The van der Waals surface area contributed by atoms with E-state index in [1.54, 1.807) is 6.07 Å². The van der Waals surface area contributed by atoms with Crippen molar-refractivity contribution in [2.24, 2.45) is 5.73 Å². The number of primary amides is 1. The van der Waals surface area contributed by atoms with Gasteiger partial charge in [0.2, 0.25) is 0 Å². The second kappa shape index (κ2) is 6.15. The van der Waals surface area contributed by atoms with E-state index in [1.165, 1.54) is 0 Å². The number of para-hydroxylation sites is 1. The zero-order valence-electron chi connectivity index (χ0n) is 9.54. The van der Waals surface area contributed by atoms with Crippen LogP contribution in [-0.2, 0) is 10.1 Å². The number of hydrogen-bond acceptors (Lipinski definition) is 3. The van der Waals surface area contributed by atoms with Gasteiger partial charge in [0.25, 0.3) is 16.0 Å². The van der Waals surface area contributed by atoms with Gasteiger partial charge in [0.15, 0.2) is 0 Å². The van der Waals surface area contributed by atoms with Gasteiger partial charge in [-0.15, -0.1) is 0 Å². The molecule has 7 nitrogen and oxygen atoms in total. The van der Waals surface area contributed by atoms with Gasteiger partial charge in [0, 0.05) is 10.9 Å². The molecular formula is C10H14N2O5S. The SMILES string of the molecule is CS(=O)(=O)O.NC(=O)c1cc2ccccc2[nH]1.O. The van der Waals surface area contributed by atoms with Gasteiger partial charge in [-0.1, -0.05) is 18.2 Å². The van der Waals surface area contributed by atoms with Gasteiger partial charge in [-0.25, -0.2) is 0 Å². The zero-order valence-corrected chi connectivity index (χ0v) is 10.4. The van der Waals surface area contributed by atoms with Crippen LogP contribution in [0.2, 0.25) is 0 Å². The van der Waals surface area contributed by atoms with Gasteiger partial charge in [-0.2, -0.15) is 8.42 Å². The number of aromatic nitrogens is 1. The molecule has 1 amide bonds. The smallest absolute Gasteiger partial charge is 0.265 e. The summed E-state index contributed by atoms with van der Waals surface area (Å²) in [5, 5.41) is 1.01. The molecule has 18 heavy (non-hydrogen) atoms. The molecule has 8 heteroatoms. The van der Waals surface area contributed by atoms with E-state index in [4.69, 9.17) is 10.3 Å². The van der Waals surface area contributed by atoms with E-state index in [-0.39, 0.29) is 5.48 Å². The zero-order chi connectivity index (χ0) is 13.1. The molecule has 1 aromatic heterocycles. The normalized spacial score (nSPS) is 10.1. The van der Waals surface area contributed by atoms with Crippen molar-refractivity contribution in [3.05, 3.63) is 36.0 Å². The molecule has 0 aliphatic rings. The van der Waals surface area contributed by atoms with Crippen molar-refractivity contribution in [1.82, 2.24) is 4.98 Å². The van der Waals surface area contributed by atoms with E-state index in [2.05, 4.69) is 4.98 Å². The highest BCUT2D eigenvalue weighted by Gasteiger charge is 2.03. The van der Waals surface area contributed by atoms with E-state index >= 15 is 0 Å². The highest BCUT2D eigenvalue weighted by Crippen LogP contribution is 2.13. The van der Waals surface area contributed by atoms with Crippen LogP contribution in [0.3, 0.4) is 0 Å². The van der Waals surface area contributed by atoms with Crippen molar-refractivity contribution in [3.8, 4) is 0 Å². The van der Waals surface area contributed by atoms with Crippen molar-refractivity contribution < 1.29 is 23.2 Å². The molecule has 6 N–H and O–H groups in total. The van der Waals surface area contributed by atoms with Crippen molar-refractivity contribution in [2.75, 3.05) is 6.26 Å². The van der Waals surface area contributed by atoms with Gasteiger partial charge in [0.05, 0.1) is 6.26 Å². The highest BCUT2D eigenvalue weighted by molar-refractivity contribution is 7.85. The van der Waals surface area contributed by atoms with Crippen LogP contribution in [0.5, 0.6) is 0 Å². The summed E-state index contributed by atoms with van der Waals surface area (Å²) in [7, 11) is -3.67. The Morgan fingerprint density at radius 2 is 1.83 bits per heavy atom. The Labute approximate surface area is 104 Å². The molecule has 0 radical (unpaired) electrons. The Morgan fingerprint density at radius 1 is 1.33 bits per heavy atom. The van der Waals surface area contributed by atoms with Crippen molar-refractivity contribution in [1.29, 1.82) is 0 Å². The molecule has 2 aromatic rings. The molecule has 2 rings (SSSR count). The van der Waals surface area contributed by atoms with Crippen molar-refractivity contribution >= 4 is 26.9 Å². The molecular weight excluding hydrogens is 260 g/mol. The quantitative estimate of drug-likeness (QED) is 0.625. The molecule has 0 aliphatic heterocycles. The van der Waals surface area contributed by atoms with E-state index in [1.807, 2.05) is 24.3 Å². The summed E-state index contributed by atoms with van der Waals surface area (Å²) in [6.07, 6.45) is 0.715. The minimum absolute atomic E-state index is 0. The second-order valence-electron chi connectivity index (χ2n) is 3.37. The summed E-state index contributed by atoms with van der Waals surface area (Å²) in [5.74, 6) is -0.425. The third-order valence-electron chi connectivity index (χ3n) is 1.80. The van der Waals surface area contributed by atoms with Crippen LogP contribution in [0.1, 0.15) is 10.5 Å². The third kappa shape index (κ3) is 5.43. The van der Waals surface area contributed by atoms with Crippen LogP contribution < -0.4 is 5.73 Å². The van der Waals surface area contributed by atoms with Crippen LogP contribution in [0, 0.1) is 0 Å². The Kier molecular flexibility index (Phi) is 5.50. The molecule has 0 unspecified atom stereocenters. The molecule has 0 bridgehead atoms. The fourth-order valence-electron chi connectivity index (χ4n) is 1.21. The van der Waals surface area contributed by atoms with Gasteiger partial charge >= 0.3 is 0 Å². The first-order valence-corrected chi connectivity index (χ1v) is 6.42. The van der Waals surface area contributed by atoms with E-state index < -0.39 is 16.0 Å². The maximum atomic E-state index is 10.8. The number of hydrogen-bond donors (Lipinski definition) is 3. The lowest BCUT2D eigenvalue weighted by atomic mass is 10.2. The minimum atomic E-state index is -3.67. The number of benzene rings is 1. The summed E-state index contributed by atoms with van der Waals surface area (Å²) in [5.41, 5.74) is 6.50. The van der Waals surface area contributed by atoms with Gasteiger partial charge < -0.3 is 16.2 Å². The second-order valence-corrected chi connectivity index (χ2v) is 4.83. The summed E-state index contributed by atoms with van der Waals surface area (Å²) < 4.78 is 25.9. The number of nitrogens with two attached hydrogens (primary N) is 1. The monoisotopic (exact) mass is 274 g/mol. The summed E-state index contributed by atoms with van der Waals surface area (Å²) >= 11 is 0. The number of fused-ring (bicyclic) bond motifs is 1. The number of nitrogens with one attached hydrogen (secondary N) is 1. The van der Waals surface area contributed by atoms with Crippen molar-refractivity contribution in [2.45, 2.75) is 0 Å². The average molecular weight is 274 g/mol. The molecule has 1 aromatic carbocycles. The first-order valence-electron chi connectivity index (χ1n) is 4.57. The van der Waals surface area contributed by atoms with Gasteiger partial charge in [-0.3, -0.25) is 9.35 Å². The van der Waals surface area contributed by atoms with Crippen LogP contribution in [-0.4, -0.2) is 35.6 Å². The lowest BCUT2D eigenvalue weighted by Gasteiger charge is -1.85. The van der Waals surface area contributed by atoms with E-state index in [0.717, 1.165) is 10.9 Å². The fourth-order valence-corrected chi connectivity index (χ4v) is 1.21. The molecule has 0 saturated heterocycles. The third-order valence-corrected chi connectivity index (χ3v) is 1.80. The fraction of sp³-hybridized carbons (Fsp3) is 0.100. The molecule has 100 valence electrons. The van der Waals surface area contributed by atoms with Gasteiger partial charge in [-0.05, 0) is 12.1 Å². The Morgan fingerprint density at radius 3 is 2.28 bits per heavy atom. The van der Waals surface area contributed by atoms with E-state index in [9.17, 15) is 13.2 Å². The predicted molar refractivity (Wildman–Crippen MR) is 67.9 cm³/mol. The molecule has 0 aliphatic carbocycles. The predicted octanol–water partition coefficient (Wildman–Crippen LogP) is -0.0539. The Bertz CT molecular complexity index is 592. The van der Waals surface area contributed by atoms with Crippen LogP contribution >= 0.6 is 0 Å². The Hall–Kier alpha value is -1.90. The highest BCUT2D eigenvalue weighted by atomic mass is 32.2. The molecule has 0 fully saturated rings. The first kappa shape index (κ1) is 16.1. The number of carbonyl (C=O) groups excluding carboxylic acids is 1. The summed E-state index contributed by atoms with van der Waals surface area (Å²) in [4.78, 5) is 13.7. The number of carbonyl (C=O) groups is 1. The number of H-pyrrole nitrogens is 1. The first-order chi connectivity index (χ1) is 7.77. The topological polar surface area (TPSA) is 145 Å². The molecule has 0 saturated carbocycles. The average Bonchev–Trinajstić information content (AvgIpc) is 2.58. The van der Waals surface area contributed by atoms with E-state index in [0.29, 0.717) is 11.9 Å². The standard InChI is InChI=1S/C9H8N2O.CH4O3S.H2O/c10-9(12)8-5-6-3-1-2-4-7(6)11-8;1-5(2,3)4;/h1-5,11H,(H2,10,12);1H3,(H,2,3,4);1H2. The lowest BCUT2D eigenvalue weighted by Crippen LogP contribution is -2.10. The number of amides is 1. The largest absolute Gasteiger partial charge is 0.412 e. The summed E-state index contributed by atoms with van der Waals surface area (Å²) in [6.45, 7) is 0. The minimum Gasteiger partial charge on any atom is -0.412 e. The van der Waals surface area contributed by atoms with Gasteiger partial charge in [0.1, 0.15) is 5.69 Å². The maximum absolute atomic E-state index is 10.8. The van der Waals surface area contributed by atoms with Crippen LogP contribution in [0.15, 0.2) is 30.3 Å². The molecule has 0 atom stereocenters.